The first-order valence-electron chi connectivity index (χ1n) is 9.53. The van der Waals surface area contributed by atoms with Gasteiger partial charge in [0.2, 0.25) is 0 Å². The zero-order valence-corrected chi connectivity index (χ0v) is 15.4. The minimum atomic E-state index is -0.975. The lowest BCUT2D eigenvalue weighted by molar-refractivity contribution is 0.0319. The molecule has 1 saturated carbocycles. The Labute approximate surface area is 162 Å². The van der Waals surface area contributed by atoms with Gasteiger partial charge in [-0.25, -0.2) is 8.78 Å². The molecule has 2 aliphatic rings. The quantitative estimate of drug-likeness (QED) is 0.731. The van der Waals surface area contributed by atoms with Gasteiger partial charge < -0.3 is 15.3 Å². The van der Waals surface area contributed by atoms with Crippen LogP contribution in [0.5, 0.6) is 5.75 Å². The molecular formula is C21H24F2N2O3. The van der Waals surface area contributed by atoms with Crippen LogP contribution in [0.2, 0.25) is 0 Å². The van der Waals surface area contributed by atoms with E-state index in [0.717, 1.165) is 19.2 Å². The van der Waals surface area contributed by atoms with E-state index in [1.807, 2.05) is 0 Å². The fourth-order valence-corrected chi connectivity index (χ4v) is 4.80. The van der Waals surface area contributed by atoms with Crippen LogP contribution in [0.15, 0.2) is 36.5 Å². The van der Waals surface area contributed by atoms with E-state index >= 15 is 0 Å². The van der Waals surface area contributed by atoms with Crippen molar-refractivity contribution in [3.05, 3.63) is 59.4 Å². The maximum atomic E-state index is 13.9. The summed E-state index contributed by atoms with van der Waals surface area (Å²) in [4.78, 5) is 6.21. The Morgan fingerprint density at radius 1 is 1.14 bits per heavy atom. The molecule has 2 fully saturated rings. The van der Waals surface area contributed by atoms with Crippen molar-refractivity contribution in [3.8, 4) is 5.75 Å². The number of halogens is 2. The first-order chi connectivity index (χ1) is 13.3. The number of aliphatic hydroxyl groups excluding tert-OH is 1. The standard InChI is InChI=1S/C21H24F2N2O3/c22-16-2-1-13(18(23)5-16)6-21(28)7-14-10-25(11-15(14)8-21)12-20(27)19-4-3-17(26)9-24-19/h1-5,9,14-15,20,26-28H,6-8,10-12H2/t14-,15+,20?,21+. The van der Waals surface area contributed by atoms with Crippen LogP contribution < -0.4 is 0 Å². The third-order valence-corrected chi connectivity index (χ3v) is 6.01. The minimum absolute atomic E-state index is 0.0588. The zero-order chi connectivity index (χ0) is 19.9. The summed E-state index contributed by atoms with van der Waals surface area (Å²) in [5, 5.41) is 30.6. The van der Waals surface area contributed by atoms with Gasteiger partial charge in [0.05, 0.1) is 17.5 Å². The molecule has 1 aliphatic heterocycles. The number of hydrogen-bond donors (Lipinski definition) is 3. The monoisotopic (exact) mass is 390 g/mol. The van der Waals surface area contributed by atoms with Crippen molar-refractivity contribution in [2.24, 2.45) is 11.8 Å². The van der Waals surface area contributed by atoms with Crippen LogP contribution >= 0.6 is 0 Å². The number of benzene rings is 1. The van der Waals surface area contributed by atoms with Crippen molar-refractivity contribution >= 4 is 0 Å². The van der Waals surface area contributed by atoms with Gasteiger partial charge in [-0.05, 0) is 48.4 Å². The van der Waals surface area contributed by atoms with Gasteiger partial charge in [-0.1, -0.05) is 6.07 Å². The summed E-state index contributed by atoms with van der Waals surface area (Å²) in [6.07, 6.45) is 1.89. The molecule has 0 radical (unpaired) electrons. The third kappa shape index (κ3) is 4.01. The molecule has 7 heteroatoms. The summed E-state index contributed by atoms with van der Waals surface area (Å²) in [7, 11) is 0. The van der Waals surface area contributed by atoms with Crippen molar-refractivity contribution in [3.63, 3.8) is 0 Å². The molecule has 0 spiro atoms. The molecule has 28 heavy (non-hydrogen) atoms. The van der Waals surface area contributed by atoms with E-state index in [2.05, 4.69) is 9.88 Å². The summed E-state index contributed by atoms with van der Waals surface area (Å²) in [5.41, 5.74) is -0.121. The van der Waals surface area contributed by atoms with Gasteiger partial charge in [0.1, 0.15) is 23.5 Å². The van der Waals surface area contributed by atoms with E-state index in [4.69, 9.17) is 0 Å². The van der Waals surface area contributed by atoms with E-state index in [0.29, 0.717) is 30.6 Å². The normalized spacial score (nSPS) is 28.4. The first-order valence-corrected chi connectivity index (χ1v) is 9.53. The SMILES string of the molecule is Oc1ccc(C(O)CN2C[C@@H]3C[C@](O)(Cc4ccc(F)cc4F)C[C@@H]3C2)nc1. The molecule has 4 rings (SSSR count). The summed E-state index contributed by atoms with van der Waals surface area (Å²) >= 11 is 0. The van der Waals surface area contributed by atoms with Crippen molar-refractivity contribution in [2.75, 3.05) is 19.6 Å². The Morgan fingerprint density at radius 3 is 2.46 bits per heavy atom. The van der Waals surface area contributed by atoms with Crippen molar-refractivity contribution in [2.45, 2.75) is 31.0 Å². The van der Waals surface area contributed by atoms with Crippen molar-refractivity contribution in [1.82, 2.24) is 9.88 Å². The van der Waals surface area contributed by atoms with Gasteiger partial charge in [0.15, 0.2) is 0 Å². The molecule has 1 aromatic heterocycles. The number of fused-ring (bicyclic) bond motifs is 1. The topological polar surface area (TPSA) is 76.8 Å². The van der Waals surface area contributed by atoms with Gasteiger partial charge in [-0.3, -0.25) is 9.88 Å². The fourth-order valence-electron chi connectivity index (χ4n) is 4.80. The molecule has 2 heterocycles. The average Bonchev–Trinajstić information content (AvgIpc) is 3.12. The van der Waals surface area contributed by atoms with E-state index in [-0.39, 0.29) is 24.0 Å². The predicted octanol–water partition coefficient (Wildman–Crippen LogP) is 2.41. The van der Waals surface area contributed by atoms with Crippen LogP contribution in [0.1, 0.15) is 30.2 Å². The molecule has 3 N–H and O–H groups in total. The average molecular weight is 390 g/mol. The number of hydrogen-bond acceptors (Lipinski definition) is 5. The van der Waals surface area contributed by atoms with Crippen LogP contribution in [0.4, 0.5) is 8.78 Å². The smallest absolute Gasteiger partial charge is 0.133 e. The molecule has 5 nitrogen and oxygen atoms in total. The van der Waals surface area contributed by atoms with Crippen molar-refractivity contribution in [1.29, 1.82) is 0 Å². The first kappa shape index (κ1) is 19.2. The van der Waals surface area contributed by atoms with E-state index in [9.17, 15) is 24.1 Å². The van der Waals surface area contributed by atoms with Crippen LogP contribution in [-0.2, 0) is 6.42 Å². The molecule has 1 aliphatic carbocycles. The number of pyridine rings is 1. The van der Waals surface area contributed by atoms with E-state index in [1.54, 1.807) is 6.07 Å². The molecule has 0 amide bonds. The molecular weight excluding hydrogens is 366 g/mol. The predicted molar refractivity (Wildman–Crippen MR) is 98.5 cm³/mol. The van der Waals surface area contributed by atoms with Gasteiger partial charge in [0.25, 0.3) is 0 Å². The second-order valence-corrected chi connectivity index (χ2v) is 8.24. The fraction of sp³-hybridized carbons (Fsp3) is 0.476. The molecule has 0 bridgehead atoms. The molecule has 2 aromatic rings. The summed E-state index contributed by atoms with van der Waals surface area (Å²) in [5.74, 6) is -0.601. The highest BCUT2D eigenvalue weighted by Gasteiger charge is 2.48. The minimum Gasteiger partial charge on any atom is -0.506 e. The Balaban J connectivity index is 1.34. The second kappa shape index (κ2) is 7.39. The second-order valence-electron chi connectivity index (χ2n) is 8.24. The molecule has 4 atom stereocenters. The number of nitrogens with zero attached hydrogens (tertiary/aromatic N) is 2. The maximum absolute atomic E-state index is 13.9. The van der Waals surface area contributed by atoms with E-state index in [1.165, 1.54) is 24.4 Å². The third-order valence-electron chi connectivity index (χ3n) is 6.01. The number of aromatic hydroxyl groups is 1. The van der Waals surface area contributed by atoms with Crippen LogP contribution in [-0.4, -0.2) is 50.4 Å². The Morgan fingerprint density at radius 2 is 1.86 bits per heavy atom. The summed E-state index contributed by atoms with van der Waals surface area (Å²) in [6, 6.07) is 6.59. The highest BCUT2D eigenvalue weighted by atomic mass is 19.1. The van der Waals surface area contributed by atoms with Crippen LogP contribution in [0.25, 0.3) is 0 Å². The van der Waals surface area contributed by atoms with Gasteiger partial charge in [0, 0.05) is 32.1 Å². The lowest BCUT2D eigenvalue weighted by Gasteiger charge is -2.27. The van der Waals surface area contributed by atoms with Gasteiger partial charge in [-0.15, -0.1) is 0 Å². The molecule has 1 saturated heterocycles. The van der Waals surface area contributed by atoms with Crippen molar-refractivity contribution < 1.29 is 24.1 Å². The number of likely N-dealkylation sites (tertiary alicyclic amines) is 1. The van der Waals surface area contributed by atoms with Crippen LogP contribution in [0.3, 0.4) is 0 Å². The largest absolute Gasteiger partial charge is 0.506 e. The number of rotatable bonds is 5. The van der Waals surface area contributed by atoms with E-state index < -0.39 is 23.3 Å². The summed E-state index contributed by atoms with van der Waals surface area (Å²) < 4.78 is 27.0. The molecule has 150 valence electrons. The summed E-state index contributed by atoms with van der Waals surface area (Å²) in [6.45, 7) is 1.96. The number of aromatic nitrogens is 1. The van der Waals surface area contributed by atoms with Gasteiger partial charge in [-0.2, -0.15) is 0 Å². The Kier molecular flexibility index (Phi) is 5.07. The Hall–Kier alpha value is -2.09. The Bertz CT molecular complexity index is 832. The molecule has 1 unspecified atom stereocenters. The lowest BCUT2D eigenvalue weighted by atomic mass is 9.91. The highest BCUT2D eigenvalue weighted by Crippen LogP contribution is 2.45. The molecule has 1 aromatic carbocycles. The number of aliphatic hydroxyl groups is 2. The zero-order valence-electron chi connectivity index (χ0n) is 15.4. The van der Waals surface area contributed by atoms with Gasteiger partial charge >= 0.3 is 0 Å². The van der Waals surface area contributed by atoms with Crippen LogP contribution in [0, 0.1) is 23.5 Å². The maximum Gasteiger partial charge on any atom is 0.133 e. The highest BCUT2D eigenvalue weighted by molar-refractivity contribution is 5.22. The lowest BCUT2D eigenvalue weighted by Crippen LogP contribution is -2.33. The number of β-amino-alcohol motifs (C(OH)–C–C–N with tert-alkyl or cyclic N) is 1.